The van der Waals surface area contributed by atoms with Gasteiger partial charge in [0, 0.05) is 11.9 Å². The zero-order valence-electron chi connectivity index (χ0n) is 9.88. The van der Waals surface area contributed by atoms with Crippen molar-refractivity contribution in [2.24, 2.45) is 0 Å². The molecule has 1 aromatic carbocycles. The third kappa shape index (κ3) is 2.96. The summed E-state index contributed by atoms with van der Waals surface area (Å²) in [6, 6.07) is 5.49. The summed E-state index contributed by atoms with van der Waals surface area (Å²) in [5.41, 5.74) is 0.780. The summed E-state index contributed by atoms with van der Waals surface area (Å²) in [6.07, 6.45) is 1.26. The van der Waals surface area contributed by atoms with Crippen LogP contribution in [0.3, 0.4) is 0 Å². The molecule has 98 valence electrons. The predicted molar refractivity (Wildman–Crippen MR) is 71.0 cm³/mol. The molecule has 0 saturated carbocycles. The van der Waals surface area contributed by atoms with Gasteiger partial charge in [-0.15, -0.1) is 0 Å². The SMILES string of the molecule is Cc1cc(F)c(Br)cc1NC(=O)c1cccnc1F. The van der Waals surface area contributed by atoms with Crippen LogP contribution < -0.4 is 5.32 Å². The van der Waals surface area contributed by atoms with E-state index in [0.717, 1.165) is 0 Å². The van der Waals surface area contributed by atoms with Crippen molar-refractivity contribution >= 4 is 27.5 Å². The molecule has 3 nitrogen and oxygen atoms in total. The van der Waals surface area contributed by atoms with E-state index in [2.05, 4.69) is 26.2 Å². The number of aryl methyl sites for hydroxylation is 1. The molecule has 6 heteroatoms. The Morgan fingerprint density at radius 1 is 1.37 bits per heavy atom. The van der Waals surface area contributed by atoms with E-state index in [1.54, 1.807) is 6.92 Å². The summed E-state index contributed by atoms with van der Waals surface area (Å²) in [5, 5.41) is 2.52. The number of nitrogens with one attached hydrogen (secondary N) is 1. The smallest absolute Gasteiger partial charge is 0.260 e. The highest BCUT2D eigenvalue weighted by molar-refractivity contribution is 9.10. The lowest BCUT2D eigenvalue weighted by molar-refractivity contribution is 0.102. The van der Waals surface area contributed by atoms with Gasteiger partial charge in [0.15, 0.2) is 0 Å². The zero-order chi connectivity index (χ0) is 14.0. The van der Waals surface area contributed by atoms with Gasteiger partial charge in [0.2, 0.25) is 5.95 Å². The minimum absolute atomic E-state index is 0.164. The van der Waals surface area contributed by atoms with Crippen LogP contribution in [-0.4, -0.2) is 10.9 Å². The van der Waals surface area contributed by atoms with Crippen LogP contribution in [0.15, 0.2) is 34.9 Å². The Kier molecular flexibility index (Phi) is 3.90. The first kappa shape index (κ1) is 13.6. The fourth-order valence-electron chi connectivity index (χ4n) is 1.53. The highest BCUT2D eigenvalue weighted by atomic mass is 79.9. The maximum Gasteiger partial charge on any atom is 0.260 e. The van der Waals surface area contributed by atoms with E-state index in [1.807, 2.05) is 0 Å². The number of carbonyl (C=O) groups is 1. The van der Waals surface area contributed by atoms with Gasteiger partial charge in [0.05, 0.1) is 10.0 Å². The quantitative estimate of drug-likeness (QED) is 0.855. The first-order valence-electron chi connectivity index (χ1n) is 5.36. The van der Waals surface area contributed by atoms with Crippen LogP contribution in [0.2, 0.25) is 0 Å². The number of rotatable bonds is 2. The van der Waals surface area contributed by atoms with Crippen LogP contribution in [0.25, 0.3) is 0 Å². The standard InChI is InChI=1S/C13H9BrF2N2O/c1-7-5-10(15)9(14)6-11(7)18-13(19)8-3-2-4-17-12(8)16/h2-6H,1H3,(H,18,19). The Morgan fingerprint density at radius 2 is 2.11 bits per heavy atom. The molecule has 0 aliphatic carbocycles. The molecule has 2 aromatic rings. The molecule has 1 amide bonds. The summed E-state index contributed by atoms with van der Waals surface area (Å²) in [7, 11) is 0. The minimum Gasteiger partial charge on any atom is -0.322 e. The summed E-state index contributed by atoms with van der Waals surface area (Å²) >= 11 is 3.03. The highest BCUT2D eigenvalue weighted by Crippen LogP contribution is 2.24. The Bertz CT molecular complexity index is 647. The van der Waals surface area contributed by atoms with Crippen LogP contribution in [0.5, 0.6) is 0 Å². The molecule has 1 N–H and O–H groups in total. The van der Waals surface area contributed by atoms with Gasteiger partial charge in [-0.05, 0) is 52.7 Å². The van der Waals surface area contributed by atoms with Gasteiger partial charge < -0.3 is 5.32 Å². The summed E-state index contributed by atoms with van der Waals surface area (Å²) < 4.78 is 26.8. The van der Waals surface area contributed by atoms with Crippen LogP contribution in [-0.2, 0) is 0 Å². The van der Waals surface area contributed by atoms with Crippen molar-refractivity contribution in [1.82, 2.24) is 4.98 Å². The molecule has 0 aliphatic rings. The fraction of sp³-hybridized carbons (Fsp3) is 0.0769. The van der Waals surface area contributed by atoms with E-state index < -0.39 is 17.7 Å². The molecule has 0 atom stereocenters. The van der Waals surface area contributed by atoms with Crippen molar-refractivity contribution in [3.8, 4) is 0 Å². The predicted octanol–water partition coefficient (Wildman–Crippen LogP) is 3.68. The van der Waals surface area contributed by atoms with E-state index in [9.17, 15) is 13.6 Å². The van der Waals surface area contributed by atoms with Crippen LogP contribution in [0.4, 0.5) is 14.5 Å². The Labute approximate surface area is 116 Å². The van der Waals surface area contributed by atoms with E-state index in [-0.39, 0.29) is 10.0 Å². The van der Waals surface area contributed by atoms with E-state index >= 15 is 0 Å². The molecule has 0 radical (unpaired) electrons. The third-order valence-electron chi connectivity index (χ3n) is 2.52. The Morgan fingerprint density at radius 3 is 2.79 bits per heavy atom. The zero-order valence-corrected chi connectivity index (χ0v) is 11.5. The topological polar surface area (TPSA) is 42.0 Å². The molecular formula is C13H9BrF2N2O. The second-order valence-corrected chi connectivity index (χ2v) is 4.73. The molecule has 2 rings (SSSR count). The van der Waals surface area contributed by atoms with Gasteiger partial charge in [-0.2, -0.15) is 4.39 Å². The van der Waals surface area contributed by atoms with Crippen molar-refractivity contribution in [1.29, 1.82) is 0 Å². The third-order valence-corrected chi connectivity index (χ3v) is 3.13. The normalized spacial score (nSPS) is 10.3. The van der Waals surface area contributed by atoms with Gasteiger partial charge in [-0.3, -0.25) is 4.79 Å². The lowest BCUT2D eigenvalue weighted by Gasteiger charge is -2.09. The second-order valence-electron chi connectivity index (χ2n) is 3.88. The number of aromatic nitrogens is 1. The van der Waals surface area contributed by atoms with Gasteiger partial charge in [-0.1, -0.05) is 0 Å². The van der Waals surface area contributed by atoms with Crippen LogP contribution in [0.1, 0.15) is 15.9 Å². The summed E-state index contributed by atoms with van der Waals surface area (Å²) in [6.45, 7) is 1.64. The van der Waals surface area contributed by atoms with Crippen LogP contribution in [0, 0.1) is 18.7 Å². The summed E-state index contributed by atoms with van der Waals surface area (Å²) in [4.78, 5) is 15.3. The number of hydrogen-bond donors (Lipinski definition) is 1. The highest BCUT2D eigenvalue weighted by Gasteiger charge is 2.14. The average molecular weight is 327 g/mol. The molecule has 0 spiro atoms. The monoisotopic (exact) mass is 326 g/mol. The maximum absolute atomic E-state index is 13.3. The number of halogens is 3. The molecular weight excluding hydrogens is 318 g/mol. The molecule has 1 heterocycles. The van der Waals surface area contributed by atoms with Gasteiger partial charge in [0.1, 0.15) is 5.82 Å². The summed E-state index contributed by atoms with van der Waals surface area (Å²) in [5.74, 6) is -1.91. The first-order chi connectivity index (χ1) is 8.99. The first-order valence-corrected chi connectivity index (χ1v) is 6.16. The van der Waals surface area contributed by atoms with Crippen LogP contribution >= 0.6 is 15.9 Å². The number of pyridine rings is 1. The Hall–Kier alpha value is -1.82. The Balaban J connectivity index is 2.30. The molecule has 0 aliphatic heterocycles. The molecule has 0 unspecified atom stereocenters. The van der Waals surface area contributed by atoms with Crippen molar-refractivity contribution in [3.63, 3.8) is 0 Å². The number of carbonyl (C=O) groups excluding carboxylic acids is 1. The fourth-order valence-corrected chi connectivity index (χ4v) is 1.87. The van der Waals surface area contributed by atoms with Gasteiger partial charge >= 0.3 is 0 Å². The molecule has 0 bridgehead atoms. The van der Waals surface area contributed by atoms with Crippen molar-refractivity contribution < 1.29 is 13.6 Å². The second kappa shape index (κ2) is 5.44. The van der Waals surface area contributed by atoms with Crippen molar-refractivity contribution in [3.05, 3.63) is 57.8 Å². The lowest BCUT2D eigenvalue weighted by Crippen LogP contribution is -2.15. The van der Waals surface area contributed by atoms with E-state index in [4.69, 9.17) is 0 Å². The lowest BCUT2D eigenvalue weighted by atomic mass is 10.2. The largest absolute Gasteiger partial charge is 0.322 e. The van der Waals surface area contributed by atoms with Gasteiger partial charge in [-0.25, -0.2) is 9.37 Å². The molecule has 0 saturated heterocycles. The van der Waals surface area contributed by atoms with Crippen molar-refractivity contribution in [2.45, 2.75) is 6.92 Å². The molecule has 19 heavy (non-hydrogen) atoms. The van der Waals surface area contributed by atoms with E-state index in [1.165, 1.54) is 30.5 Å². The number of anilines is 1. The minimum atomic E-state index is -0.848. The number of amides is 1. The average Bonchev–Trinajstić information content (AvgIpc) is 2.36. The number of benzene rings is 1. The molecule has 0 fully saturated rings. The van der Waals surface area contributed by atoms with Gasteiger partial charge in [0.25, 0.3) is 5.91 Å². The molecule has 1 aromatic heterocycles. The van der Waals surface area contributed by atoms with Crippen molar-refractivity contribution in [2.75, 3.05) is 5.32 Å². The number of nitrogens with zero attached hydrogens (tertiary/aromatic N) is 1. The number of hydrogen-bond acceptors (Lipinski definition) is 2. The maximum atomic E-state index is 13.3. The van der Waals surface area contributed by atoms with E-state index in [0.29, 0.717) is 11.3 Å².